The summed E-state index contributed by atoms with van der Waals surface area (Å²) in [4.78, 5) is 12.6. The summed E-state index contributed by atoms with van der Waals surface area (Å²) in [5.41, 5.74) is 4.34. The van der Waals surface area contributed by atoms with Gasteiger partial charge in [0, 0.05) is 11.0 Å². The number of aliphatic hydroxyl groups is 1. The van der Waals surface area contributed by atoms with Gasteiger partial charge in [-0.3, -0.25) is 4.79 Å². The zero-order chi connectivity index (χ0) is 23.3. The number of aliphatic hydroxyl groups excluding tert-OH is 1. The molecule has 3 nitrogen and oxygen atoms in total. The summed E-state index contributed by atoms with van der Waals surface area (Å²) >= 11 is 0. The van der Waals surface area contributed by atoms with Gasteiger partial charge < -0.3 is 5.11 Å². The summed E-state index contributed by atoms with van der Waals surface area (Å²) in [6.07, 6.45) is 13.8. The van der Waals surface area contributed by atoms with Crippen molar-refractivity contribution >= 4 is 5.78 Å². The van der Waals surface area contributed by atoms with E-state index in [1.54, 1.807) is 6.08 Å². The molecule has 170 valence electrons. The van der Waals surface area contributed by atoms with Gasteiger partial charge in [0.1, 0.15) is 0 Å². The highest BCUT2D eigenvalue weighted by Crippen LogP contribution is 2.75. The summed E-state index contributed by atoms with van der Waals surface area (Å²) < 4.78 is 0. The molecule has 0 heterocycles. The molecule has 3 fully saturated rings. The lowest BCUT2D eigenvalue weighted by Gasteiger charge is -2.69. The molecule has 0 aromatic carbocycles. The lowest BCUT2D eigenvalue weighted by molar-refractivity contribution is -0.155. The fourth-order valence-electron chi connectivity index (χ4n) is 8.56. The molecule has 0 saturated heterocycles. The Balaban J connectivity index is 1.65. The third-order valence-corrected chi connectivity index (χ3v) is 11.1. The Morgan fingerprint density at radius 2 is 1.69 bits per heavy atom. The van der Waals surface area contributed by atoms with Gasteiger partial charge >= 0.3 is 0 Å². The number of nitriles is 1. The van der Waals surface area contributed by atoms with Crippen molar-refractivity contribution in [2.45, 2.75) is 86.5 Å². The van der Waals surface area contributed by atoms with E-state index in [2.05, 4.69) is 52.8 Å². The second-order valence-corrected chi connectivity index (χ2v) is 12.7. The first-order valence-electron chi connectivity index (χ1n) is 12.3. The molecule has 0 amide bonds. The molecule has 0 spiro atoms. The largest absolute Gasteiger partial charge is 0.504 e. The average molecular weight is 432 g/mol. The van der Waals surface area contributed by atoms with Crippen molar-refractivity contribution in [2.24, 2.45) is 33.0 Å². The lowest BCUT2D eigenvalue weighted by Crippen LogP contribution is -2.61. The molecule has 6 atom stereocenters. The molecule has 5 rings (SSSR count). The van der Waals surface area contributed by atoms with E-state index in [-0.39, 0.29) is 33.2 Å². The monoisotopic (exact) mass is 431 g/mol. The molecule has 0 aliphatic heterocycles. The van der Waals surface area contributed by atoms with Crippen molar-refractivity contribution < 1.29 is 9.90 Å². The Kier molecular flexibility index (Phi) is 4.27. The van der Waals surface area contributed by atoms with Gasteiger partial charge in [-0.05, 0) is 98.2 Å². The van der Waals surface area contributed by atoms with Gasteiger partial charge in [-0.15, -0.1) is 0 Å². The molecule has 0 radical (unpaired) electrons. The van der Waals surface area contributed by atoms with Crippen LogP contribution in [-0.2, 0) is 4.79 Å². The third-order valence-electron chi connectivity index (χ3n) is 11.1. The topological polar surface area (TPSA) is 61.1 Å². The molecule has 0 bridgehead atoms. The van der Waals surface area contributed by atoms with Crippen LogP contribution in [0.5, 0.6) is 0 Å². The van der Waals surface area contributed by atoms with Gasteiger partial charge in [-0.1, -0.05) is 45.4 Å². The Morgan fingerprint density at radius 3 is 2.38 bits per heavy atom. The summed E-state index contributed by atoms with van der Waals surface area (Å²) in [6.45, 7) is 13.8. The van der Waals surface area contributed by atoms with Gasteiger partial charge in [-0.2, -0.15) is 5.26 Å². The SMILES string of the molecule is CC1=C(O)C(=O)C=C2C1=CC=C1[C@@]2(C)CCC2(C)[C@@H]3C[C@](C)(C#N)CC[C@]3(C)CC[C@]12C. The smallest absolute Gasteiger partial charge is 0.220 e. The van der Waals surface area contributed by atoms with Gasteiger partial charge in [0.15, 0.2) is 5.76 Å². The van der Waals surface area contributed by atoms with Crippen LogP contribution in [0.3, 0.4) is 0 Å². The minimum Gasteiger partial charge on any atom is -0.504 e. The van der Waals surface area contributed by atoms with Crippen molar-refractivity contribution in [3.8, 4) is 6.07 Å². The molecular weight excluding hydrogens is 394 g/mol. The zero-order valence-electron chi connectivity index (χ0n) is 20.6. The molecule has 1 unspecified atom stereocenters. The lowest BCUT2D eigenvalue weighted by atomic mass is 9.34. The molecule has 1 N–H and O–H groups in total. The molecule has 0 aromatic rings. The Bertz CT molecular complexity index is 1100. The number of nitrogens with zero attached hydrogens (tertiary/aromatic N) is 1. The highest BCUT2D eigenvalue weighted by molar-refractivity contribution is 6.06. The average Bonchev–Trinajstić information content (AvgIpc) is 2.76. The normalized spacial score (nSPS) is 47.7. The van der Waals surface area contributed by atoms with Crippen molar-refractivity contribution in [2.75, 3.05) is 0 Å². The molecule has 5 aliphatic rings. The second-order valence-electron chi connectivity index (χ2n) is 12.7. The van der Waals surface area contributed by atoms with Gasteiger partial charge in [0.05, 0.1) is 11.5 Å². The maximum atomic E-state index is 12.6. The van der Waals surface area contributed by atoms with Crippen molar-refractivity contribution in [1.29, 1.82) is 5.26 Å². The molecule has 0 aromatic heterocycles. The van der Waals surface area contributed by atoms with Crippen LogP contribution in [0.1, 0.15) is 86.5 Å². The number of rotatable bonds is 0. The number of carbonyl (C=O) groups is 1. The van der Waals surface area contributed by atoms with Crippen LogP contribution in [0, 0.1) is 44.3 Å². The predicted molar refractivity (Wildman–Crippen MR) is 127 cm³/mol. The highest BCUT2D eigenvalue weighted by atomic mass is 16.3. The van der Waals surface area contributed by atoms with Crippen LogP contribution >= 0.6 is 0 Å². The van der Waals surface area contributed by atoms with Gasteiger partial charge in [0.25, 0.3) is 0 Å². The van der Waals surface area contributed by atoms with E-state index >= 15 is 0 Å². The molecule has 3 heteroatoms. The maximum absolute atomic E-state index is 12.6. The van der Waals surface area contributed by atoms with Crippen LogP contribution in [0.15, 0.2) is 46.3 Å². The first-order valence-corrected chi connectivity index (χ1v) is 12.3. The van der Waals surface area contributed by atoms with Crippen molar-refractivity contribution in [1.82, 2.24) is 0 Å². The number of allylic oxidation sites excluding steroid dienone is 7. The summed E-state index contributed by atoms with van der Waals surface area (Å²) in [5.74, 6) is 0.151. The Morgan fingerprint density at radius 1 is 1.00 bits per heavy atom. The minimum absolute atomic E-state index is 0.0287. The molecular formula is C29H37NO2. The summed E-state index contributed by atoms with van der Waals surface area (Å²) in [7, 11) is 0. The number of carbonyl (C=O) groups excluding carboxylic acids is 1. The van der Waals surface area contributed by atoms with E-state index < -0.39 is 0 Å². The maximum Gasteiger partial charge on any atom is 0.220 e. The molecule has 3 saturated carbocycles. The summed E-state index contributed by atoms with van der Waals surface area (Å²) in [6, 6.07) is 2.67. The first kappa shape index (κ1) is 21.7. The number of hydrogen-bond acceptors (Lipinski definition) is 3. The minimum atomic E-state index is -0.260. The number of hydrogen-bond donors (Lipinski definition) is 1. The van der Waals surface area contributed by atoms with E-state index in [9.17, 15) is 15.2 Å². The van der Waals surface area contributed by atoms with Crippen LogP contribution in [0.2, 0.25) is 0 Å². The number of ketones is 1. The Labute approximate surface area is 193 Å². The van der Waals surface area contributed by atoms with E-state index in [0.717, 1.165) is 49.7 Å². The standard InChI is InChI=1S/C29H37NO2/c1-18-19-7-8-22-27(4,20(19)15-21(31)24(18)32)12-14-29(6)23-16-25(2,17-30)9-10-26(23,3)11-13-28(22,29)5/h7-8,15,23,32H,9-14,16H2,1-6H3/t23-,25-,26-,27+,28-,29?/m1/s1. The fraction of sp³-hybridized carbons (Fsp3) is 0.655. The van der Waals surface area contributed by atoms with E-state index in [4.69, 9.17) is 0 Å². The van der Waals surface area contributed by atoms with E-state index in [0.29, 0.717) is 16.9 Å². The highest BCUT2D eigenvalue weighted by Gasteiger charge is 2.66. The Hall–Kier alpha value is -2.08. The van der Waals surface area contributed by atoms with Crippen LogP contribution in [-0.4, -0.2) is 10.9 Å². The second kappa shape index (κ2) is 6.28. The van der Waals surface area contributed by atoms with Crippen LogP contribution < -0.4 is 0 Å². The summed E-state index contributed by atoms with van der Waals surface area (Å²) in [5, 5.41) is 20.2. The fourth-order valence-corrected chi connectivity index (χ4v) is 8.56. The van der Waals surface area contributed by atoms with Gasteiger partial charge in [-0.25, -0.2) is 0 Å². The molecule has 32 heavy (non-hydrogen) atoms. The zero-order valence-corrected chi connectivity index (χ0v) is 20.6. The van der Waals surface area contributed by atoms with E-state index in [1.165, 1.54) is 12.0 Å². The van der Waals surface area contributed by atoms with Gasteiger partial charge in [0.2, 0.25) is 5.78 Å². The third kappa shape index (κ3) is 2.45. The van der Waals surface area contributed by atoms with Crippen LogP contribution in [0.4, 0.5) is 0 Å². The van der Waals surface area contributed by atoms with Crippen molar-refractivity contribution in [3.63, 3.8) is 0 Å². The number of fused-ring (bicyclic) bond motifs is 7. The quantitative estimate of drug-likeness (QED) is 0.443. The predicted octanol–water partition coefficient (Wildman–Crippen LogP) is 7.14. The first-order chi connectivity index (χ1) is 14.8. The van der Waals surface area contributed by atoms with Crippen LogP contribution in [0.25, 0.3) is 0 Å². The molecule has 5 aliphatic carbocycles. The van der Waals surface area contributed by atoms with Crippen molar-refractivity contribution in [3.05, 3.63) is 46.3 Å². The van der Waals surface area contributed by atoms with E-state index in [1.807, 2.05) is 6.92 Å².